The van der Waals surface area contributed by atoms with Crippen molar-refractivity contribution < 1.29 is 0 Å². The van der Waals surface area contributed by atoms with Gasteiger partial charge in [-0.25, -0.2) is 0 Å². The predicted octanol–water partition coefficient (Wildman–Crippen LogP) is 14.0. The van der Waals surface area contributed by atoms with Gasteiger partial charge in [0.1, 0.15) is 0 Å². The highest BCUT2D eigenvalue weighted by Gasteiger charge is 2.39. The van der Waals surface area contributed by atoms with E-state index in [-0.39, 0.29) is 32.5 Å². The standard InChI is InChI=1S/C41H68P2Si/c1-36(2,3)27-22-29(38(7,8)9)33(30(23-27)39(10,11)12)42-26-43(35(42)44(19,20)21)34-31(40(13,14)15)24-28(37(4,5)6)25-32(34)41(16,17)18/h22-26H,1-21H3. The molecule has 0 saturated carbocycles. The molecule has 0 spiro atoms. The van der Waals surface area contributed by atoms with Crippen LogP contribution in [0.15, 0.2) is 29.8 Å². The van der Waals surface area contributed by atoms with Crippen LogP contribution in [-0.4, -0.2) is 8.07 Å². The van der Waals surface area contributed by atoms with Crippen molar-refractivity contribution in [3.05, 3.63) is 63.2 Å². The quantitative estimate of drug-likeness (QED) is 0.195. The molecule has 3 rings (SSSR count). The van der Waals surface area contributed by atoms with E-state index in [0.717, 1.165) is 0 Å². The zero-order valence-corrected chi connectivity index (χ0v) is 35.6. The number of benzene rings is 2. The second-order valence-corrected chi connectivity index (χ2v) is 31.2. The van der Waals surface area contributed by atoms with Gasteiger partial charge < -0.3 is 0 Å². The van der Waals surface area contributed by atoms with Gasteiger partial charge >= 0.3 is 0 Å². The van der Waals surface area contributed by atoms with E-state index in [4.69, 9.17) is 0 Å². The molecule has 0 aliphatic heterocycles. The van der Waals surface area contributed by atoms with Crippen molar-refractivity contribution in [2.75, 3.05) is 0 Å². The maximum absolute atomic E-state index is 2.91. The fourth-order valence-electron chi connectivity index (χ4n) is 6.28. The molecule has 0 amide bonds. The first-order chi connectivity index (χ1) is 19.3. The molecule has 0 N–H and O–H groups in total. The largest absolute Gasteiger partial charge is 0.0834 e. The Balaban J connectivity index is 2.63. The van der Waals surface area contributed by atoms with E-state index >= 15 is 0 Å². The van der Waals surface area contributed by atoms with Crippen LogP contribution in [0.25, 0.3) is 10.6 Å². The van der Waals surface area contributed by atoms with E-state index in [1.807, 2.05) is 4.65 Å². The van der Waals surface area contributed by atoms with E-state index < -0.39 is 23.1 Å². The minimum absolute atomic E-state index is 0.0805. The van der Waals surface area contributed by atoms with Gasteiger partial charge in [-0.2, -0.15) is 0 Å². The molecule has 2 atom stereocenters. The molecule has 0 fully saturated rings. The average Bonchev–Trinajstić information content (AvgIpc) is 2.72. The third-order valence-electron chi connectivity index (χ3n) is 9.02. The van der Waals surface area contributed by atoms with Crippen LogP contribution in [0.1, 0.15) is 158 Å². The van der Waals surface area contributed by atoms with Crippen LogP contribution >= 0.6 is 15.1 Å². The Hall–Kier alpha value is -1.00. The Morgan fingerprint density at radius 3 is 1.02 bits per heavy atom. The van der Waals surface area contributed by atoms with Crippen molar-refractivity contribution in [1.82, 2.24) is 0 Å². The third kappa shape index (κ3) is 7.58. The highest BCUT2D eigenvalue weighted by Crippen LogP contribution is 2.64. The molecule has 1 aromatic heterocycles. The van der Waals surface area contributed by atoms with Crippen molar-refractivity contribution >= 4 is 27.8 Å². The van der Waals surface area contributed by atoms with Crippen molar-refractivity contribution in [1.29, 1.82) is 0 Å². The van der Waals surface area contributed by atoms with Crippen LogP contribution in [0.3, 0.4) is 0 Å². The summed E-state index contributed by atoms with van der Waals surface area (Å²) in [5.74, 6) is 0. The smallest absolute Gasteiger partial charge is 0.0566 e. The average molecular weight is 651 g/mol. The summed E-state index contributed by atoms with van der Waals surface area (Å²) in [7, 11) is -2.59. The summed E-state index contributed by atoms with van der Waals surface area (Å²) in [5.41, 5.74) is 12.7. The van der Waals surface area contributed by atoms with Gasteiger partial charge in [0, 0.05) is 10.6 Å². The Labute approximate surface area is 277 Å². The molecule has 2 unspecified atom stereocenters. The van der Waals surface area contributed by atoms with Crippen molar-refractivity contribution in [3.8, 4) is 10.6 Å². The molecule has 3 heteroatoms. The Morgan fingerprint density at radius 2 is 0.773 bits per heavy atom. The van der Waals surface area contributed by atoms with Gasteiger partial charge in [-0.1, -0.05) is 184 Å². The lowest BCUT2D eigenvalue weighted by Gasteiger charge is -2.40. The van der Waals surface area contributed by atoms with E-state index in [9.17, 15) is 0 Å². The van der Waals surface area contributed by atoms with Gasteiger partial charge in [0.25, 0.3) is 0 Å². The summed E-state index contributed by atoms with van der Waals surface area (Å²) in [6.45, 7) is 51.5. The molecular weight excluding hydrogens is 582 g/mol. The Bertz CT molecular complexity index is 1330. The van der Waals surface area contributed by atoms with Gasteiger partial charge in [0.15, 0.2) is 0 Å². The molecule has 2 aromatic carbocycles. The summed E-state index contributed by atoms with van der Waals surface area (Å²) in [5, 5.41) is 3.37. The van der Waals surface area contributed by atoms with Gasteiger partial charge in [-0.05, 0) is 76.1 Å². The van der Waals surface area contributed by atoms with Gasteiger partial charge in [-0.15, -0.1) is 0 Å². The van der Waals surface area contributed by atoms with E-state index in [1.165, 1.54) is 11.1 Å². The highest BCUT2D eigenvalue weighted by atomic mass is 31.2. The minimum Gasteiger partial charge on any atom is -0.0834 e. The van der Waals surface area contributed by atoms with E-state index in [2.05, 4.69) is 174 Å². The summed E-state index contributed by atoms with van der Waals surface area (Å²) < 4.78 is 1.95. The molecule has 246 valence electrons. The first-order valence-corrected chi connectivity index (χ1v) is 23.3. The molecule has 1 heterocycles. The van der Waals surface area contributed by atoms with Gasteiger partial charge in [0.05, 0.1) is 8.07 Å². The highest BCUT2D eigenvalue weighted by molar-refractivity contribution is 7.90. The van der Waals surface area contributed by atoms with Crippen LogP contribution in [0, 0.1) is 0 Å². The normalized spacial score (nSPS) is 15.3. The number of hydrogen-bond donors (Lipinski definition) is 0. The molecule has 0 radical (unpaired) electrons. The maximum Gasteiger partial charge on any atom is 0.0566 e. The van der Waals surface area contributed by atoms with Crippen molar-refractivity contribution in [2.24, 2.45) is 0 Å². The summed E-state index contributed by atoms with van der Waals surface area (Å²) in [4.78, 5) is 0. The number of hydrogen-bond acceptors (Lipinski definition) is 0. The van der Waals surface area contributed by atoms with Crippen LogP contribution in [0.5, 0.6) is 0 Å². The van der Waals surface area contributed by atoms with Crippen LogP contribution in [0.2, 0.25) is 19.6 Å². The molecule has 0 aliphatic rings. The lowest BCUT2D eigenvalue weighted by molar-refractivity contribution is 0.552. The second kappa shape index (κ2) is 11.3. The fraction of sp³-hybridized carbons (Fsp3) is 0.659. The molecule has 3 aromatic rings. The first kappa shape index (κ1) is 37.5. The van der Waals surface area contributed by atoms with Gasteiger partial charge in [-0.3, -0.25) is 0 Å². The van der Waals surface area contributed by atoms with Crippen molar-refractivity contribution in [3.63, 3.8) is 0 Å². The van der Waals surface area contributed by atoms with E-state index in [1.54, 1.807) is 32.9 Å². The van der Waals surface area contributed by atoms with Crippen molar-refractivity contribution in [2.45, 2.75) is 177 Å². The Morgan fingerprint density at radius 1 is 0.477 bits per heavy atom. The van der Waals surface area contributed by atoms with Gasteiger partial charge in [0.2, 0.25) is 0 Å². The summed E-state index contributed by atoms with van der Waals surface area (Å²) >= 11 is 0. The minimum atomic E-state index is -1.65. The lowest BCUT2D eigenvalue weighted by atomic mass is 9.75. The molecule has 44 heavy (non-hydrogen) atoms. The molecule has 0 bridgehead atoms. The molecule has 0 aliphatic carbocycles. The monoisotopic (exact) mass is 650 g/mol. The maximum atomic E-state index is 2.91. The predicted molar refractivity (Wildman–Crippen MR) is 210 cm³/mol. The number of rotatable bonds is 3. The van der Waals surface area contributed by atoms with Crippen LogP contribution < -0.4 is 4.65 Å². The first-order valence-electron chi connectivity index (χ1n) is 17.0. The summed E-state index contributed by atoms with van der Waals surface area (Å²) in [6, 6.07) is 10.4. The topological polar surface area (TPSA) is 0 Å². The zero-order chi connectivity index (χ0) is 34.4. The molecule has 0 nitrogen and oxygen atoms in total. The SMILES string of the molecule is CC(C)(C)c1cc(C(C)(C)C)c(-p2c[p+](-c3c(C(C)(C)C)cc(C(C)(C)C)cc3C(C)(C)C)[c-]2[Si](C)(C)C)c(C(C)(C)C)c1. The lowest BCUT2D eigenvalue weighted by Crippen LogP contribution is -2.38. The Kier molecular flexibility index (Phi) is 9.63. The van der Waals surface area contributed by atoms with E-state index in [0.29, 0.717) is 0 Å². The fourth-order valence-corrected chi connectivity index (χ4v) is 20.6. The molecule has 0 saturated heterocycles. The zero-order valence-electron chi connectivity index (χ0n) is 32.8. The van der Waals surface area contributed by atoms with Crippen LogP contribution in [-0.2, 0) is 32.5 Å². The summed E-state index contributed by atoms with van der Waals surface area (Å²) in [6.07, 6.45) is 0. The third-order valence-corrected chi connectivity index (χ3v) is 21.8. The second-order valence-electron chi connectivity index (χ2n) is 20.8. The van der Waals surface area contributed by atoms with Crippen LogP contribution in [0.4, 0.5) is 0 Å². The molecular formula is C41H68P2Si.